The number of rotatable bonds is 5. The van der Waals surface area contributed by atoms with Crippen LogP contribution in [0.15, 0.2) is 54.6 Å². The molecule has 4 heterocycles. The lowest BCUT2D eigenvalue weighted by molar-refractivity contribution is -0.148. The van der Waals surface area contributed by atoms with Crippen LogP contribution in [0.2, 0.25) is 0 Å². The first-order valence-corrected chi connectivity index (χ1v) is 14.8. The molecule has 3 amide bonds. The first kappa shape index (κ1) is 28.0. The van der Waals surface area contributed by atoms with Crippen LogP contribution in [0.4, 0.5) is 5.69 Å². The van der Waals surface area contributed by atoms with Gasteiger partial charge in [-0.05, 0) is 52.2 Å². The second-order valence-corrected chi connectivity index (χ2v) is 14.7. The number of para-hydroxylation sites is 1. The Balaban J connectivity index is 1.68. The molecule has 1 unspecified atom stereocenters. The van der Waals surface area contributed by atoms with E-state index in [9.17, 15) is 19.5 Å². The fourth-order valence-corrected chi connectivity index (χ4v) is 9.26. The fraction of sp³-hybridized carbons (Fsp3) is 0.581. The molecule has 1 aromatic rings. The summed E-state index contributed by atoms with van der Waals surface area (Å²) in [4.78, 5) is 48.9. The highest BCUT2D eigenvalue weighted by molar-refractivity contribution is 8.02. The van der Waals surface area contributed by atoms with Crippen molar-refractivity contribution >= 4 is 35.2 Å². The first-order valence-electron chi connectivity index (χ1n) is 14.0. The zero-order valence-electron chi connectivity index (χ0n) is 23.8. The predicted octanol–water partition coefficient (Wildman–Crippen LogP) is 3.88. The largest absolute Gasteiger partial charge is 0.394 e. The van der Waals surface area contributed by atoms with Crippen LogP contribution in [0.1, 0.15) is 48.0 Å². The molecule has 210 valence electrons. The molecule has 4 aliphatic heterocycles. The fourth-order valence-electron chi connectivity index (χ4n) is 7.12. The molecule has 0 saturated carbocycles. The Morgan fingerprint density at radius 1 is 0.974 bits per heavy atom. The van der Waals surface area contributed by atoms with E-state index in [4.69, 9.17) is 0 Å². The van der Waals surface area contributed by atoms with Crippen molar-refractivity contribution in [2.45, 2.75) is 75.1 Å². The van der Waals surface area contributed by atoms with Gasteiger partial charge in [0.05, 0.1) is 29.2 Å². The van der Waals surface area contributed by atoms with Crippen LogP contribution >= 0.6 is 11.8 Å². The van der Waals surface area contributed by atoms with Gasteiger partial charge in [-0.15, -0.1) is 11.8 Å². The van der Waals surface area contributed by atoms with E-state index in [1.165, 1.54) is 0 Å². The molecule has 39 heavy (non-hydrogen) atoms. The van der Waals surface area contributed by atoms with E-state index in [1.807, 2.05) is 81.2 Å². The zero-order valence-corrected chi connectivity index (χ0v) is 24.6. The molecule has 1 spiro atoms. The van der Waals surface area contributed by atoms with Gasteiger partial charge < -0.3 is 19.8 Å². The number of hydrogen-bond donors (Lipinski definition) is 1. The molecule has 2 fully saturated rings. The summed E-state index contributed by atoms with van der Waals surface area (Å²) in [5.74, 6) is -1.57. The Labute approximate surface area is 236 Å². The van der Waals surface area contributed by atoms with E-state index in [1.54, 1.807) is 21.6 Å². The summed E-state index contributed by atoms with van der Waals surface area (Å²) in [5.41, 5.74) is 0.338. The third-order valence-electron chi connectivity index (χ3n) is 8.72. The van der Waals surface area contributed by atoms with Crippen LogP contribution in [0.5, 0.6) is 0 Å². The maximum absolute atomic E-state index is 14.6. The van der Waals surface area contributed by atoms with Gasteiger partial charge in [0.2, 0.25) is 17.7 Å². The maximum atomic E-state index is 14.6. The number of carbonyl (C=O) groups is 3. The van der Waals surface area contributed by atoms with Gasteiger partial charge in [-0.25, -0.2) is 0 Å². The van der Waals surface area contributed by atoms with Gasteiger partial charge in [-0.3, -0.25) is 14.4 Å². The van der Waals surface area contributed by atoms with Crippen molar-refractivity contribution in [1.29, 1.82) is 0 Å². The second-order valence-electron chi connectivity index (χ2n) is 12.9. The number of amides is 3. The van der Waals surface area contributed by atoms with E-state index in [2.05, 4.69) is 19.9 Å². The molecule has 8 heteroatoms. The number of nitrogens with zero attached hydrogens (tertiary/aromatic N) is 3. The summed E-state index contributed by atoms with van der Waals surface area (Å²) in [6.45, 7) is 12.8. The molecular weight excluding hydrogens is 510 g/mol. The number of hydrogen-bond acceptors (Lipinski definition) is 5. The van der Waals surface area contributed by atoms with Crippen molar-refractivity contribution in [2.24, 2.45) is 17.8 Å². The molecule has 6 atom stereocenters. The van der Waals surface area contributed by atoms with Crippen LogP contribution < -0.4 is 4.90 Å². The van der Waals surface area contributed by atoms with E-state index in [-0.39, 0.29) is 30.2 Å². The Morgan fingerprint density at radius 2 is 1.64 bits per heavy atom. The van der Waals surface area contributed by atoms with Crippen LogP contribution in [-0.2, 0) is 14.4 Å². The van der Waals surface area contributed by atoms with Crippen molar-refractivity contribution < 1.29 is 19.5 Å². The monoisotopic (exact) mass is 551 g/mol. The van der Waals surface area contributed by atoms with Crippen LogP contribution in [0.3, 0.4) is 0 Å². The van der Waals surface area contributed by atoms with Crippen LogP contribution in [0, 0.1) is 17.8 Å². The molecule has 0 aromatic heterocycles. The summed E-state index contributed by atoms with van der Waals surface area (Å²) >= 11 is 1.58. The Hall–Kier alpha value is -2.58. The van der Waals surface area contributed by atoms with Gasteiger partial charge >= 0.3 is 0 Å². The summed E-state index contributed by atoms with van der Waals surface area (Å²) in [5, 5.41) is 10.5. The molecule has 0 aliphatic carbocycles. The van der Waals surface area contributed by atoms with Gasteiger partial charge in [0, 0.05) is 29.1 Å². The third kappa shape index (κ3) is 4.34. The normalized spacial score (nSPS) is 33.3. The number of aliphatic hydroxyl groups is 1. The van der Waals surface area contributed by atoms with Gasteiger partial charge in [0.25, 0.3) is 0 Å². The van der Waals surface area contributed by atoms with E-state index >= 15 is 0 Å². The first-order chi connectivity index (χ1) is 18.4. The number of anilines is 1. The highest BCUT2D eigenvalue weighted by Gasteiger charge is 2.74. The standard InChI is InChI=1S/C31H41N3O4S/c1-20(2)18-22(19-35)34-25-28(38)33(29(3,4)5)17-11-15-31(25)24(27(34)37)23-26(36)32(21-12-8-7-9-13-21)16-10-14-30(23,6)39-31/h7-15,20,22-25,35H,16-19H2,1-6H3/t22-,23+,24+,25?,30-,31+/m1/s1. The summed E-state index contributed by atoms with van der Waals surface area (Å²) in [7, 11) is 0. The predicted molar refractivity (Wildman–Crippen MR) is 155 cm³/mol. The number of carbonyl (C=O) groups excluding carboxylic acids is 3. The van der Waals surface area contributed by atoms with Crippen molar-refractivity contribution in [3.05, 3.63) is 54.6 Å². The van der Waals surface area contributed by atoms with E-state index in [0.717, 1.165) is 5.69 Å². The number of benzene rings is 1. The third-order valence-corrected chi connectivity index (χ3v) is 10.5. The van der Waals surface area contributed by atoms with Crippen molar-refractivity contribution in [2.75, 3.05) is 24.6 Å². The van der Waals surface area contributed by atoms with Crippen molar-refractivity contribution in [3.8, 4) is 0 Å². The van der Waals surface area contributed by atoms with Gasteiger partial charge in [0.15, 0.2) is 0 Å². The van der Waals surface area contributed by atoms with Crippen LogP contribution in [-0.4, -0.2) is 79.4 Å². The average molecular weight is 552 g/mol. The maximum Gasteiger partial charge on any atom is 0.247 e. The number of likely N-dealkylation sites (tertiary alicyclic amines) is 1. The Morgan fingerprint density at radius 3 is 2.26 bits per heavy atom. The van der Waals surface area contributed by atoms with E-state index in [0.29, 0.717) is 19.5 Å². The minimum absolute atomic E-state index is 0.0980. The summed E-state index contributed by atoms with van der Waals surface area (Å²) in [6.07, 6.45) is 8.73. The SMILES string of the molecule is CC(C)C[C@H](CO)N1C(=O)[C@@H]2[C@H]3C(=O)N(c4ccccc4)CC=C[C@@]3(C)S[C@@]23C=CCN(C(C)(C)C)C(=O)C13. The molecule has 0 radical (unpaired) electrons. The lowest BCUT2D eigenvalue weighted by Crippen LogP contribution is -2.59. The highest BCUT2D eigenvalue weighted by atomic mass is 32.2. The van der Waals surface area contributed by atoms with Gasteiger partial charge in [-0.1, -0.05) is 56.4 Å². The van der Waals surface area contributed by atoms with Gasteiger partial charge in [0.1, 0.15) is 6.04 Å². The quantitative estimate of drug-likeness (QED) is 0.562. The zero-order chi connectivity index (χ0) is 28.3. The van der Waals surface area contributed by atoms with E-state index < -0.39 is 39.0 Å². The minimum atomic E-state index is -0.919. The van der Waals surface area contributed by atoms with Crippen LogP contribution in [0.25, 0.3) is 0 Å². The Bertz CT molecular complexity index is 1210. The smallest absolute Gasteiger partial charge is 0.247 e. The van der Waals surface area contributed by atoms with Crippen molar-refractivity contribution in [3.63, 3.8) is 0 Å². The molecular formula is C31H41N3O4S. The Kier molecular flexibility index (Phi) is 7.03. The minimum Gasteiger partial charge on any atom is -0.394 e. The molecule has 2 saturated heterocycles. The molecule has 0 bridgehead atoms. The summed E-state index contributed by atoms with van der Waals surface area (Å²) in [6, 6.07) is 8.26. The lowest BCUT2D eigenvalue weighted by Gasteiger charge is -2.43. The molecule has 1 aromatic carbocycles. The number of thioether (sulfide) groups is 1. The number of aliphatic hydroxyl groups excluding tert-OH is 1. The lowest BCUT2D eigenvalue weighted by atomic mass is 9.74. The van der Waals surface area contributed by atoms with Gasteiger partial charge in [-0.2, -0.15) is 0 Å². The molecule has 4 aliphatic rings. The molecule has 1 N–H and O–H groups in total. The van der Waals surface area contributed by atoms with Crippen molar-refractivity contribution in [1.82, 2.24) is 9.80 Å². The average Bonchev–Trinajstić information content (AvgIpc) is 3.13. The topological polar surface area (TPSA) is 81.2 Å². The molecule has 7 nitrogen and oxygen atoms in total. The second kappa shape index (κ2) is 9.81. The number of fused-ring (bicyclic) bond motifs is 2. The molecule has 5 rings (SSSR count). The summed E-state index contributed by atoms with van der Waals surface area (Å²) < 4.78 is -1.59. The highest BCUT2D eigenvalue weighted by Crippen LogP contribution is 2.66.